The van der Waals surface area contributed by atoms with E-state index in [0.717, 1.165) is 0 Å². The third kappa shape index (κ3) is 3.50. The van der Waals surface area contributed by atoms with Gasteiger partial charge in [0.25, 0.3) is 11.8 Å². The Hall–Kier alpha value is -3.15. The highest BCUT2D eigenvalue weighted by Crippen LogP contribution is 2.23. The fraction of sp³-hybridized carbons (Fsp3) is 0. The van der Waals surface area contributed by atoms with Crippen molar-refractivity contribution in [3.8, 4) is 0 Å². The molecule has 0 fully saturated rings. The molecule has 0 radical (unpaired) electrons. The zero-order chi connectivity index (χ0) is 19.7. The second-order valence-corrected chi connectivity index (χ2v) is 6.91. The molecule has 5 nitrogen and oxygen atoms in total. The molecule has 0 aliphatic rings. The summed E-state index contributed by atoms with van der Waals surface area (Å²) in [5, 5.41) is 3.78. The van der Waals surface area contributed by atoms with Gasteiger partial charge in [0.05, 0.1) is 11.0 Å². The van der Waals surface area contributed by atoms with Crippen LogP contribution < -0.4 is 5.32 Å². The van der Waals surface area contributed by atoms with Crippen LogP contribution >= 0.6 is 23.2 Å². The van der Waals surface area contributed by atoms with E-state index in [4.69, 9.17) is 23.2 Å². The molecule has 4 rings (SSSR count). The average molecular weight is 410 g/mol. The molecule has 0 atom stereocenters. The van der Waals surface area contributed by atoms with Gasteiger partial charge in [-0.15, -0.1) is 0 Å². The van der Waals surface area contributed by atoms with Gasteiger partial charge in [0.2, 0.25) is 5.95 Å². The quantitative estimate of drug-likeness (QED) is 0.500. The number of aromatic nitrogens is 2. The fourth-order valence-electron chi connectivity index (χ4n) is 2.81. The molecule has 0 saturated heterocycles. The predicted molar refractivity (Wildman–Crippen MR) is 110 cm³/mol. The van der Waals surface area contributed by atoms with Crippen LogP contribution in [0.4, 0.5) is 5.95 Å². The van der Waals surface area contributed by atoms with Crippen molar-refractivity contribution in [1.82, 2.24) is 9.55 Å². The molecule has 1 heterocycles. The molecular weight excluding hydrogens is 397 g/mol. The summed E-state index contributed by atoms with van der Waals surface area (Å²) < 4.78 is 1.38. The van der Waals surface area contributed by atoms with E-state index in [1.807, 2.05) is 6.07 Å². The Balaban J connectivity index is 1.76. The van der Waals surface area contributed by atoms with Gasteiger partial charge in [-0.2, -0.15) is 0 Å². The smallest absolute Gasteiger partial charge is 0.265 e. The third-order valence-electron chi connectivity index (χ3n) is 4.19. The Kier molecular flexibility index (Phi) is 4.86. The summed E-state index contributed by atoms with van der Waals surface area (Å²) in [6, 6.07) is 20.2. The van der Waals surface area contributed by atoms with Crippen LogP contribution in [0.2, 0.25) is 10.0 Å². The molecule has 1 N–H and O–H groups in total. The predicted octanol–water partition coefficient (Wildman–Crippen LogP) is 5.28. The number of para-hydroxylation sites is 2. The summed E-state index contributed by atoms with van der Waals surface area (Å²) in [6.07, 6.45) is 0. The van der Waals surface area contributed by atoms with E-state index >= 15 is 0 Å². The first-order chi connectivity index (χ1) is 13.5. The van der Waals surface area contributed by atoms with Crippen LogP contribution in [0, 0.1) is 0 Å². The van der Waals surface area contributed by atoms with Gasteiger partial charge in [0.15, 0.2) is 0 Å². The van der Waals surface area contributed by atoms with Gasteiger partial charge in [-0.25, -0.2) is 9.55 Å². The summed E-state index contributed by atoms with van der Waals surface area (Å²) in [7, 11) is 0. The molecule has 1 aromatic heterocycles. The first-order valence-electron chi connectivity index (χ1n) is 8.37. The molecule has 0 spiro atoms. The molecule has 0 saturated carbocycles. The van der Waals surface area contributed by atoms with Crippen molar-refractivity contribution in [3.05, 3.63) is 94.0 Å². The van der Waals surface area contributed by atoms with Crippen molar-refractivity contribution in [3.63, 3.8) is 0 Å². The van der Waals surface area contributed by atoms with E-state index in [1.54, 1.807) is 66.7 Å². The molecule has 28 heavy (non-hydrogen) atoms. The number of nitrogens with one attached hydrogen (secondary N) is 1. The number of hydrogen-bond donors (Lipinski definition) is 1. The number of hydrogen-bond acceptors (Lipinski definition) is 3. The SMILES string of the molecule is O=C(Nc1nc2ccccc2n1C(=O)c1ccc(Cl)cc1)c1ccc(Cl)cc1. The van der Waals surface area contributed by atoms with Crippen molar-refractivity contribution >= 4 is 52.0 Å². The number of fused-ring (bicyclic) bond motifs is 1. The van der Waals surface area contributed by atoms with E-state index in [2.05, 4.69) is 10.3 Å². The summed E-state index contributed by atoms with van der Waals surface area (Å²) in [5.74, 6) is -0.574. The van der Waals surface area contributed by atoms with Gasteiger partial charge < -0.3 is 0 Å². The normalized spacial score (nSPS) is 10.8. The highest BCUT2D eigenvalue weighted by molar-refractivity contribution is 6.31. The van der Waals surface area contributed by atoms with Crippen molar-refractivity contribution in [2.45, 2.75) is 0 Å². The second-order valence-electron chi connectivity index (χ2n) is 6.03. The molecule has 138 valence electrons. The zero-order valence-corrected chi connectivity index (χ0v) is 15.9. The zero-order valence-electron chi connectivity index (χ0n) is 14.4. The van der Waals surface area contributed by atoms with Crippen molar-refractivity contribution in [2.75, 3.05) is 5.32 Å². The monoisotopic (exact) mass is 409 g/mol. The minimum Gasteiger partial charge on any atom is -0.291 e. The fourth-order valence-corrected chi connectivity index (χ4v) is 3.06. The number of benzene rings is 3. The first-order valence-corrected chi connectivity index (χ1v) is 9.13. The van der Waals surface area contributed by atoms with Gasteiger partial charge in [-0.05, 0) is 60.7 Å². The highest BCUT2D eigenvalue weighted by atomic mass is 35.5. The molecule has 0 aliphatic carbocycles. The van der Waals surface area contributed by atoms with Crippen molar-refractivity contribution < 1.29 is 9.59 Å². The average Bonchev–Trinajstić information content (AvgIpc) is 3.06. The van der Waals surface area contributed by atoms with Crippen LogP contribution in [0.1, 0.15) is 20.7 Å². The number of halogens is 2. The minimum absolute atomic E-state index is 0.140. The van der Waals surface area contributed by atoms with E-state index in [0.29, 0.717) is 32.2 Å². The van der Waals surface area contributed by atoms with E-state index in [9.17, 15) is 9.59 Å². The lowest BCUT2D eigenvalue weighted by atomic mass is 10.2. The first kappa shape index (κ1) is 18.2. The summed E-state index contributed by atoms with van der Waals surface area (Å²) in [4.78, 5) is 30.2. The molecule has 0 unspecified atom stereocenters. The van der Waals surface area contributed by atoms with Crippen LogP contribution in [-0.2, 0) is 0 Å². The molecule has 7 heteroatoms. The lowest BCUT2D eigenvalue weighted by molar-refractivity contribution is 0.0966. The van der Waals surface area contributed by atoms with Gasteiger partial charge >= 0.3 is 0 Å². The maximum atomic E-state index is 13.1. The lowest BCUT2D eigenvalue weighted by Gasteiger charge is -2.09. The van der Waals surface area contributed by atoms with Crippen LogP contribution in [0.25, 0.3) is 11.0 Å². The molecule has 4 aromatic rings. The largest absolute Gasteiger partial charge is 0.291 e. The highest BCUT2D eigenvalue weighted by Gasteiger charge is 2.20. The number of imidazole rings is 1. The lowest BCUT2D eigenvalue weighted by Crippen LogP contribution is -2.20. The maximum Gasteiger partial charge on any atom is 0.265 e. The Morgan fingerprint density at radius 2 is 1.36 bits per heavy atom. The molecular formula is C21H13Cl2N3O2. The minimum atomic E-state index is -0.392. The molecule has 0 aliphatic heterocycles. The Morgan fingerprint density at radius 3 is 2.00 bits per heavy atom. The van der Waals surface area contributed by atoms with Crippen LogP contribution in [0.15, 0.2) is 72.8 Å². The number of rotatable bonds is 3. The number of carbonyl (C=O) groups excluding carboxylic acids is 2. The number of amides is 1. The number of anilines is 1. The second kappa shape index (κ2) is 7.46. The van der Waals surface area contributed by atoms with Crippen molar-refractivity contribution in [2.24, 2.45) is 0 Å². The van der Waals surface area contributed by atoms with Crippen LogP contribution in [0.5, 0.6) is 0 Å². The topological polar surface area (TPSA) is 64.0 Å². The van der Waals surface area contributed by atoms with Crippen LogP contribution in [-0.4, -0.2) is 21.4 Å². The summed E-state index contributed by atoms with van der Waals surface area (Å²) in [6.45, 7) is 0. The third-order valence-corrected chi connectivity index (χ3v) is 4.69. The van der Waals surface area contributed by atoms with E-state index in [-0.39, 0.29) is 11.9 Å². The van der Waals surface area contributed by atoms with Gasteiger partial charge in [0, 0.05) is 21.2 Å². The molecule has 0 bridgehead atoms. The van der Waals surface area contributed by atoms with Gasteiger partial charge in [-0.3, -0.25) is 14.9 Å². The molecule has 3 aromatic carbocycles. The van der Waals surface area contributed by atoms with E-state index in [1.165, 1.54) is 4.57 Å². The van der Waals surface area contributed by atoms with Crippen LogP contribution in [0.3, 0.4) is 0 Å². The maximum absolute atomic E-state index is 13.1. The van der Waals surface area contributed by atoms with E-state index < -0.39 is 5.91 Å². The summed E-state index contributed by atoms with van der Waals surface area (Å²) in [5.41, 5.74) is 2.02. The van der Waals surface area contributed by atoms with Gasteiger partial charge in [-0.1, -0.05) is 35.3 Å². The Labute approximate surface area is 170 Å². The number of carbonyl (C=O) groups is 2. The molecule has 1 amide bonds. The van der Waals surface area contributed by atoms with Crippen molar-refractivity contribution in [1.29, 1.82) is 0 Å². The Morgan fingerprint density at radius 1 is 0.786 bits per heavy atom. The standard InChI is InChI=1S/C21H13Cl2N3O2/c22-15-9-5-13(6-10-15)19(27)25-21-24-17-3-1-2-4-18(17)26(21)20(28)14-7-11-16(23)12-8-14/h1-12H,(H,24,25,27). The summed E-state index contributed by atoms with van der Waals surface area (Å²) >= 11 is 11.8. The number of nitrogens with zero attached hydrogens (tertiary/aromatic N) is 2. The van der Waals surface area contributed by atoms with Gasteiger partial charge in [0.1, 0.15) is 0 Å². The Bertz CT molecular complexity index is 1180.